The van der Waals surface area contributed by atoms with E-state index in [9.17, 15) is 0 Å². The average Bonchev–Trinajstić information content (AvgIpc) is 3.16. The Morgan fingerprint density at radius 2 is 2.38 bits per heavy atom. The van der Waals surface area contributed by atoms with Crippen molar-refractivity contribution in [2.24, 2.45) is 17.5 Å². The number of nitrogens with zero attached hydrogens (tertiary/aromatic N) is 4. The molecule has 1 atom stereocenters. The Bertz CT molecular complexity index is 495. The Hall–Kier alpha value is -0.830. The highest BCUT2D eigenvalue weighted by Crippen LogP contribution is 2.38. The Morgan fingerprint density at radius 3 is 3.00 bits per heavy atom. The van der Waals surface area contributed by atoms with Crippen molar-refractivity contribution in [1.82, 2.24) is 19.8 Å². The predicted molar refractivity (Wildman–Crippen MR) is 92.9 cm³/mol. The molecule has 0 radical (unpaired) electrons. The van der Waals surface area contributed by atoms with Gasteiger partial charge in [-0.3, -0.25) is 4.99 Å². The fourth-order valence-electron chi connectivity index (χ4n) is 3.14. The van der Waals surface area contributed by atoms with Gasteiger partial charge in [-0.1, -0.05) is 0 Å². The van der Waals surface area contributed by atoms with E-state index in [1.165, 1.54) is 12.8 Å². The van der Waals surface area contributed by atoms with Crippen molar-refractivity contribution in [3.8, 4) is 0 Å². The number of guanidine groups is 1. The zero-order valence-corrected chi connectivity index (χ0v) is 15.0. The van der Waals surface area contributed by atoms with Gasteiger partial charge in [-0.05, 0) is 12.8 Å². The lowest BCUT2D eigenvalue weighted by atomic mass is 9.87. The van der Waals surface area contributed by atoms with Crippen LogP contribution in [-0.2, 0) is 18.3 Å². The molecule has 3 rings (SSSR count). The summed E-state index contributed by atoms with van der Waals surface area (Å²) in [4.78, 5) is 11.1. The summed E-state index contributed by atoms with van der Waals surface area (Å²) in [5.74, 6) is 1.99. The van der Waals surface area contributed by atoms with E-state index in [-0.39, 0.29) is 24.0 Å². The van der Waals surface area contributed by atoms with Gasteiger partial charge in [0.1, 0.15) is 5.82 Å². The first-order valence-corrected chi connectivity index (χ1v) is 7.22. The second-order valence-corrected chi connectivity index (χ2v) is 5.83. The van der Waals surface area contributed by atoms with Crippen molar-refractivity contribution in [3.63, 3.8) is 0 Å². The minimum atomic E-state index is 0. The molecule has 7 heteroatoms. The van der Waals surface area contributed by atoms with Gasteiger partial charge < -0.3 is 19.5 Å². The van der Waals surface area contributed by atoms with Crippen LogP contribution in [-0.4, -0.2) is 53.8 Å². The normalized spacial score (nSPS) is 25.4. The van der Waals surface area contributed by atoms with Gasteiger partial charge in [0, 0.05) is 51.6 Å². The van der Waals surface area contributed by atoms with E-state index in [0.717, 1.165) is 38.1 Å². The highest BCUT2D eigenvalue weighted by molar-refractivity contribution is 14.0. The van der Waals surface area contributed by atoms with Crippen LogP contribution in [0.5, 0.6) is 0 Å². The molecule has 2 aliphatic rings. The molecule has 1 N–H and O–H groups in total. The van der Waals surface area contributed by atoms with Gasteiger partial charge in [0.25, 0.3) is 0 Å². The number of aromatic nitrogens is 2. The van der Waals surface area contributed by atoms with Crippen LogP contribution in [0.1, 0.15) is 18.7 Å². The largest absolute Gasteiger partial charge is 0.381 e. The van der Waals surface area contributed by atoms with Crippen molar-refractivity contribution in [1.29, 1.82) is 0 Å². The monoisotopic (exact) mass is 405 g/mol. The zero-order valence-electron chi connectivity index (χ0n) is 12.7. The number of aliphatic imine (C=N–C) groups is 1. The summed E-state index contributed by atoms with van der Waals surface area (Å²) < 4.78 is 7.60. The van der Waals surface area contributed by atoms with Gasteiger partial charge in [-0.15, -0.1) is 24.0 Å². The molecule has 1 spiro atoms. The summed E-state index contributed by atoms with van der Waals surface area (Å²) in [7, 11) is 3.85. The van der Waals surface area contributed by atoms with Crippen LogP contribution in [0.25, 0.3) is 0 Å². The molecule has 118 valence electrons. The van der Waals surface area contributed by atoms with Gasteiger partial charge in [0.15, 0.2) is 5.96 Å². The Balaban J connectivity index is 0.00000161. The van der Waals surface area contributed by atoms with Crippen LogP contribution < -0.4 is 5.32 Å². The molecule has 1 unspecified atom stereocenters. The number of ether oxygens (including phenoxy) is 1. The highest BCUT2D eigenvalue weighted by Gasteiger charge is 2.42. The quantitative estimate of drug-likeness (QED) is 0.457. The second kappa shape index (κ2) is 6.95. The Kier molecular flexibility index (Phi) is 5.48. The molecule has 0 bridgehead atoms. The van der Waals surface area contributed by atoms with E-state index in [2.05, 4.69) is 20.2 Å². The summed E-state index contributed by atoms with van der Waals surface area (Å²) in [6.45, 7) is 4.63. The van der Waals surface area contributed by atoms with Crippen LogP contribution in [0.3, 0.4) is 0 Å². The highest BCUT2D eigenvalue weighted by atomic mass is 127. The maximum absolute atomic E-state index is 5.58. The third-order valence-electron chi connectivity index (χ3n) is 4.46. The van der Waals surface area contributed by atoms with Gasteiger partial charge in [0.05, 0.1) is 13.2 Å². The number of imidazole rings is 1. The van der Waals surface area contributed by atoms with E-state index in [0.29, 0.717) is 12.0 Å². The van der Waals surface area contributed by atoms with Crippen molar-refractivity contribution in [3.05, 3.63) is 18.2 Å². The third-order valence-corrected chi connectivity index (χ3v) is 4.46. The molecule has 3 heterocycles. The zero-order chi connectivity index (χ0) is 14.0. The van der Waals surface area contributed by atoms with Crippen LogP contribution >= 0.6 is 24.0 Å². The molecule has 1 aromatic rings. The maximum atomic E-state index is 5.58. The van der Waals surface area contributed by atoms with Crippen molar-refractivity contribution in [2.75, 3.05) is 33.4 Å². The van der Waals surface area contributed by atoms with E-state index in [1.54, 1.807) is 0 Å². The number of hydrogen-bond donors (Lipinski definition) is 1. The fourth-order valence-corrected chi connectivity index (χ4v) is 3.14. The number of rotatable bonds is 2. The van der Waals surface area contributed by atoms with Crippen molar-refractivity contribution in [2.45, 2.75) is 19.4 Å². The molecule has 0 aliphatic carbocycles. The van der Waals surface area contributed by atoms with E-state index in [1.807, 2.05) is 31.1 Å². The first-order chi connectivity index (χ1) is 9.72. The molecule has 21 heavy (non-hydrogen) atoms. The minimum absolute atomic E-state index is 0. The van der Waals surface area contributed by atoms with Crippen molar-refractivity contribution >= 4 is 29.9 Å². The van der Waals surface area contributed by atoms with Gasteiger partial charge in [-0.25, -0.2) is 4.98 Å². The molecule has 2 fully saturated rings. The first-order valence-electron chi connectivity index (χ1n) is 7.22. The molecule has 0 saturated carbocycles. The third kappa shape index (κ3) is 3.50. The van der Waals surface area contributed by atoms with E-state index in [4.69, 9.17) is 4.74 Å². The Morgan fingerprint density at radius 1 is 1.52 bits per heavy atom. The van der Waals surface area contributed by atoms with Crippen LogP contribution in [0.2, 0.25) is 0 Å². The summed E-state index contributed by atoms with van der Waals surface area (Å²) in [6.07, 6.45) is 6.16. The molecule has 2 aliphatic heterocycles. The second-order valence-electron chi connectivity index (χ2n) is 5.83. The van der Waals surface area contributed by atoms with Crippen molar-refractivity contribution < 1.29 is 4.74 Å². The van der Waals surface area contributed by atoms with Crippen LogP contribution in [0.15, 0.2) is 17.4 Å². The van der Waals surface area contributed by atoms with Crippen LogP contribution in [0.4, 0.5) is 0 Å². The molecule has 2 saturated heterocycles. The summed E-state index contributed by atoms with van der Waals surface area (Å²) in [6, 6.07) is 0. The SMILES string of the molecule is CN=C(NCc1nccn1C)N1CCC2(CCOC2)C1.I. The minimum Gasteiger partial charge on any atom is -0.381 e. The summed E-state index contributed by atoms with van der Waals surface area (Å²) in [5.41, 5.74) is 0.362. The summed E-state index contributed by atoms with van der Waals surface area (Å²) in [5, 5.41) is 3.41. The lowest BCUT2D eigenvalue weighted by Crippen LogP contribution is -2.41. The van der Waals surface area contributed by atoms with Gasteiger partial charge in [-0.2, -0.15) is 0 Å². The molecular formula is C14H24IN5O. The lowest BCUT2D eigenvalue weighted by molar-refractivity contribution is 0.156. The van der Waals surface area contributed by atoms with E-state index < -0.39 is 0 Å². The lowest BCUT2D eigenvalue weighted by Gasteiger charge is -2.24. The smallest absolute Gasteiger partial charge is 0.194 e. The summed E-state index contributed by atoms with van der Waals surface area (Å²) >= 11 is 0. The first kappa shape index (κ1) is 16.5. The van der Waals surface area contributed by atoms with Gasteiger partial charge in [0.2, 0.25) is 0 Å². The number of aryl methyl sites for hydroxylation is 1. The number of nitrogens with one attached hydrogen (secondary N) is 1. The van der Waals surface area contributed by atoms with Crippen LogP contribution in [0, 0.1) is 5.41 Å². The molecular weight excluding hydrogens is 381 g/mol. The molecule has 6 nitrogen and oxygen atoms in total. The van der Waals surface area contributed by atoms with E-state index >= 15 is 0 Å². The van der Waals surface area contributed by atoms with Gasteiger partial charge >= 0.3 is 0 Å². The number of halogens is 1. The number of hydrogen-bond acceptors (Lipinski definition) is 3. The molecule has 0 amide bonds. The topological polar surface area (TPSA) is 54.7 Å². The fraction of sp³-hybridized carbons (Fsp3) is 0.714. The standard InChI is InChI=1S/C14H23N5O.HI/c1-15-13(17-9-12-16-5-7-18(12)2)19-6-3-14(10-19)4-8-20-11-14;/h5,7H,3-4,6,8-11H2,1-2H3,(H,15,17);1H. The Labute approximate surface area is 143 Å². The average molecular weight is 405 g/mol. The number of likely N-dealkylation sites (tertiary alicyclic amines) is 1. The predicted octanol–water partition coefficient (Wildman–Crippen LogP) is 1.23. The molecule has 1 aromatic heterocycles. The molecule has 0 aromatic carbocycles. The maximum Gasteiger partial charge on any atom is 0.194 e.